The van der Waals surface area contributed by atoms with Gasteiger partial charge in [-0.2, -0.15) is 0 Å². The van der Waals surface area contributed by atoms with Gasteiger partial charge in [0.1, 0.15) is 6.33 Å². The first-order valence-electron chi connectivity index (χ1n) is 6.12. The minimum atomic E-state index is 0.173. The monoisotopic (exact) mass is 233 g/mol. The molecule has 0 unspecified atom stereocenters. The van der Waals surface area contributed by atoms with E-state index in [0.29, 0.717) is 11.8 Å². The highest BCUT2D eigenvalue weighted by Gasteiger charge is 2.28. The van der Waals surface area contributed by atoms with Crippen molar-refractivity contribution in [3.63, 3.8) is 0 Å². The second kappa shape index (κ2) is 4.82. The molecule has 17 heavy (non-hydrogen) atoms. The fraction of sp³-hybridized carbons (Fsp3) is 0.615. The summed E-state index contributed by atoms with van der Waals surface area (Å²) in [7, 11) is 0. The van der Waals surface area contributed by atoms with E-state index in [9.17, 15) is 4.79 Å². The molecule has 1 saturated heterocycles. The summed E-state index contributed by atoms with van der Waals surface area (Å²) in [6.45, 7) is 7.63. The lowest BCUT2D eigenvalue weighted by atomic mass is 9.94. The van der Waals surface area contributed by atoms with Gasteiger partial charge in [-0.3, -0.25) is 4.79 Å². The number of carbonyl (C=O) groups is 1. The minimum Gasteiger partial charge on any atom is -0.342 e. The number of likely N-dealkylation sites (tertiary alicyclic amines) is 1. The van der Waals surface area contributed by atoms with Crippen LogP contribution in [0.1, 0.15) is 38.1 Å². The highest BCUT2D eigenvalue weighted by molar-refractivity contribution is 5.74. The molecule has 2 rings (SSSR count). The first-order valence-corrected chi connectivity index (χ1v) is 6.12. The van der Waals surface area contributed by atoms with E-state index < -0.39 is 0 Å². The standard InChI is InChI=1S/C13H19N3O/c1-9(2)13-5-12(14-8-15-13)4-11-6-16(7-11)10(3)17/h5,8-9,11H,4,6-7H2,1-3H3. The molecule has 0 bridgehead atoms. The van der Waals surface area contributed by atoms with Crippen molar-refractivity contribution >= 4 is 5.91 Å². The van der Waals surface area contributed by atoms with Crippen molar-refractivity contribution in [1.29, 1.82) is 0 Å². The average Bonchev–Trinajstić information content (AvgIpc) is 2.22. The first kappa shape index (κ1) is 12.0. The number of carbonyl (C=O) groups excluding carboxylic acids is 1. The summed E-state index contributed by atoms with van der Waals surface area (Å²) in [6.07, 6.45) is 2.60. The summed E-state index contributed by atoms with van der Waals surface area (Å²) < 4.78 is 0. The van der Waals surface area contributed by atoms with E-state index in [1.165, 1.54) is 0 Å². The van der Waals surface area contributed by atoms with E-state index in [1.807, 2.05) is 4.90 Å². The van der Waals surface area contributed by atoms with Crippen molar-refractivity contribution in [3.05, 3.63) is 23.8 Å². The molecule has 0 radical (unpaired) electrons. The predicted molar refractivity (Wildman–Crippen MR) is 65.6 cm³/mol. The number of amides is 1. The second-order valence-corrected chi connectivity index (χ2v) is 5.08. The summed E-state index contributed by atoms with van der Waals surface area (Å²) in [4.78, 5) is 21.5. The molecular weight excluding hydrogens is 214 g/mol. The Kier molecular flexibility index (Phi) is 3.41. The molecule has 0 saturated carbocycles. The molecule has 1 fully saturated rings. The van der Waals surface area contributed by atoms with Crippen LogP contribution in [0.4, 0.5) is 0 Å². The Labute approximate surface area is 102 Å². The van der Waals surface area contributed by atoms with Crippen LogP contribution in [-0.2, 0) is 11.2 Å². The van der Waals surface area contributed by atoms with Crippen molar-refractivity contribution in [3.8, 4) is 0 Å². The smallest absolute Gasteiger partial charge is 0.219 e. The average molecular weight is 233 g/mol. The van der Waals surface area contributed by atoms with Gasteiger partial charge < -0.3 is 4.90 Å². The van der Waals surface area contributed by atoms with Crippen LogP contribution in [0.5, 0.6) is 0 Å². The Balaban J connectivity index is 1.92. The number of hydrogen-bond donors (Lipinski definition) is 0. The molecule has 0 N–H and O–H groups in total. The Morgan fingerprint density at radius 1 is 1.47 bits per heavy atom. The Bertz CT molecular complexity index is 411. The molecule has 4 heteroatoms. The third-order valence-electron chi connectivity index (χ3n) is 3.24. The van der Waals surface area contributed by atoms with Crippen molar-refractivity contribution in [2.75, 3.05) is 13.1 Å². The molecule has 1 aromatic rings. The van der Waals surface area contributed by atoms with Gasteiger partial charge in [-0.25, -0.2) is 9.97 Å². The fourth-order valence-corrected chi connectivity index (χ4v) is 2.09. The molecule has 0 aliphatic carbocycles. The zero-order valence-corrected chi connectivity index (χ0v) is 10.7. The summed E-state index contributed by atoms with van der Waals surface area (Å²) in [6, 6.07) is 2.08. The van der Waals surface area contributed by atoms with E-state index in [1.54, 1.807) is 13.3 Å². The molecular formula is C13H19N3O. The fourth-order valence-electron chi connectivity index (χ4n) is 2.09. The highest BCUT2D eigenvalue weighted by Crippen LogP contribution is 2.20. The van der Waals surface area contributed by atoms with Gasteiger partial charge in [-0.1, -0.05) is 13.8 Å². The first-order chi connectivity index (χ1) is 8.06. The molecule has 92 valence electrons. The Hall–Kier alpha value is -1.45. The molecule has 4 nitrogen and oxygen atoms in total. The van der Waals surface area contributed by atoms with Crippen LogP contribution in [0, 0.1) is 5.92 Å². The predicted octanol–water partition coefficient (Wildman–Crippen LogP) is 1.62. The van der Waals surface area contributed by atoms with Crippen LogP contribution in [0.3, 0.4) is 0 Å². The van der Waals surface area contributed by atoms with Gasteiger partial charge in [0.15, 0.2) is 0 Å². The summed E-state index contributed by atoms with van der Waals surface area (Å²) in [5, 5.41) is 0. The summed E-state index contributed by atoms with van der Waals surface area (Å²) >= 11 is 0. The van der Waals surface area contributed by atoms with Crippen LogP contribution in [0.2, 0.25) is 0 Å². The van der Waals surface area contributed by atoms with Crippen LogP contribution < -0.4 is 0 Å². The number of hydrogen-bond acceptors (Lipinski definition) is 3. The van der Waals surface area contributed by atoms with Gasteiger partial charge in [-0.15, -0.1) is 0 Å². The third kappa shape index (κ3) is 2.81. The normalized spacial score (nSPS) is 16.1. The van der Waals surface area contributed by atoms with E-state index in [-0.39, 0.29) is 5.91 Å². The number of nitrogens with zero attached hydrogens (tertiary/aromatic N) is 3. The number of rotatable bonds is 3. The molecule has 2 heterocycles. The van der Waals surface area contributed by atoms with Crippen molar-refractivity contribution in [2.45, 2.75) is 33.1 Å². The quantitative estimate of drug-likeness (QED) is 0.797. The van der Waals surface area contributed by atoms with E-state index in [4.69, 9.17) is 0 Å². The largest absolute Gasteiger partial charge is 0.342 e. The lowest BCUT2D eigenvalue weighted by Crippen LogP contribution is -2.49. The zero-order chi connectivity index (χ0) is 12.4. The van der Waals surface area contributed by atoms with Gasteiger partial charge >= 0.3 is 0 Å². The van der Waals surface area contributed by atoms with Crippen LogP contribution >= 0.6 is 0 Å². The zero-order valence-electron chi connectivity index (χ0n) is 10.7. The molecule has 1 aliphatic rings. The maximum atomic E-state index is 11.1. The SMILES string of the molecule is CC(=O)N1CC(Cc2cc(C(C)C)ncn2)C1. The maximum absolute atomic E-state index is 11.1. The van der Waals surface area contributed by atoms with Gasteiger partial charge in [-0.05, 0) is 24.3 Å². The summed E-state index contributed by atoms with van der Waals surface area (Å²) in [5.74, 6) is 1.17. The molecule has 1 aromatic heterocycles. The minimum absolute atomic E-state index is 0.173. The van der Waals surface area contributed by atoms with Crippen molar-refractivity contribution < 1.29 is 4.79 Å². The molecule has 1 aliphatic heterocycles. The maximum Gasteiger partial charge on any atom is 0.219 e. The van der Waals surface area contributed by atoms with Gasteiger partial charge in [0.05, 0.1) is 0 Å². The van der Waals surface area contributed by atoms with Crippen LogP contribution in [0.25, 0.3) is 0 Å². The van der Waals surface area contributed by atoms with E-state index in [0.717, 1.165) is 30.9 Å². The second-order valence-electron chi connectivity index (χ2n) is 5.08. The van der Waals surface area contributed by atoms with E-state index >= 15 is 0 Å². The summed E-state index contributed by atoms with van der Waals surface area (Å²) in [5.41, 5.74) is 2.19. The number of aromatic nitrogens is 2. The lowest BCUT2D eigenvalue weighted by molar-refractivity contribution is -0.134. The topological polar surface area (TPSA) is 46.1 Å². The lowest BCUT2D eigenvalue weighted by Gasteiger charge is -2.38. The third-order valence-corrected chi connectivity index (χ3v) is 3.24. The van der Waals surface area contributed by atoms with Gasteiger partial charge in [0.2, 0.25) is 5.91 Å². The Morgan fingerprint density at radius 2 is 2.18 bits per heavy atom. The van der Waals surface area contributed by atoms with Gasteiger partial charge in [0, 0.05) is 31.4 Å². The van der Waals surface area contributed by atoms with Crippen molar-refractivity contribution in [1.82, 2.24) is 14.9 Å². The highest BCUT2D eigenvalue weighted by atomic mass is 16.2. The molecule has 0 spiro atoms. The van der Waals surface area contributed by atoms with Crippen LogP contribution in [-0.4, -0.2) is 33.9 Å². The van der Waals surface area contributed by atoms with Gasteiger partial charge in [0.25, 0.3) is 0 Å². The molecule has 0 atom stereocenters. The van der Waals surface area contributed by atoms with Crippen molar-refractivity contribution in [2.24, 2.45) is 5.92 Å². The Morgan fingerprint density at radius 3 is 2.76 bits per heavy atom. The molecule has 0 aromatic carbocycles. The van der Waals surface area contributed by atoms with Crippen LogP contribution in [0.15, 0.2) is 12.4 Å². The van der Waals surface area contributed by atoms with E-state index in [2.05, 4.69) is 29.9 Å². The molecule has 1 amide bonds.